The molecule has 0 bridgehead atoms. The van der Waals surface area contributed by atoms with E-state index in [0.717, 1.165) is 34.3 Å². The molecule has 0 fully saturated rings. The summed E-state index contributed by atoms with van der Waals surface area (Å²) < 4.78 is 0. The van der Waals surface area contributed by atoms with Gasteiger partial charge in [-0.25, -0.2) is 0 Å². The Kier molecular flexibility index (Phi) is 7.60. The molecule has 8 aromatic carbocycles. The van der Waals surface area contributed by atoms with Crippen LogP contribution in [-0.4, -0.2) is 4.98 Å². The van der Waals surface area contributed by atoms with Crippen LogP contribution in [0.3, 0.4) is 0 Å². The monoisotopic (exact) mass is 712 g/mol. The minimum atomic E-state index is 0.821. The molecule has 0 saturated carbocycles. The van der Waals surface area contributed by atoms with Crippen molar-refractivity contribution in [2.24, 2.45) is 0 Å². The third kappa shape index (κ3) is 5.07. The van der Waals surface area contributed by atoms with E-state index < -0.39 is 0 Å². The van der Waals surface area contributed by atoms with Gasteiger partial charge >= 0.3 is 0 Å². The van der Waals surface area contributed by atoms with Gasteiger partial charge in [-0.1, -0.05) is 158 Å². The lowest BCUT2D eigenvalue weighted by Gasteiger charge is -2.27. The summed E-state index contributed by atoms with van der Waals surface area (Å²) in [5, 5.41) is 4.83. The Labute approximate surface area is 327 Å². The smallest absolute Gasteiger partial charge is 0.0555 e. The molecule has 2 aliphatic rings. The molecule has 0 N–H and O–H groups in total. The van der Waals surface area contributed by atoms with Crippen LogP contribution in [-0.2, 0) is 0 Å². The SMILES string of the molecule is C1=C(c2cccc(N(c3ccccc3)c3cccc4ccncc34)c2)c2cccc3c2C(=CC1)c1c-3c(-c2ccccc2)c2ccccc2c1-c1ccccc1. The molecule has 0 amide bonds. The highest BCUT2D eigenvalue weighted by molar-refractivity contribution is 6.22. The molecule has 1 heterocycles. The first-order valence-corrected chi connectivity index (χ1v) is 19.4. The topological polar surface area (TPSA) is 16.1 Å². The van der Waals surface area contributed by atoms with E-state index in [2.05, 4.69) is 204 Å². The summed E-state index contributed by atoms with van der Waals surface area (Å²) in [6.07, 6.45) is 9.57. The molecular formula is C54H36N2. The van der Waals surface area contributed by atoms with Gasteiger partial charge in [-0.05, 0) is 126 Å². The summed E-state index contributed by atoms with van der Waals surface area (Å²) in [6, 6.07) is 66.2. The van der Waals surface area contributed by atoms with Crippen molar-refractivity contribution < 1.29 is 0 Å². The zero-order valence-corrected chi connectivity index (χ0v) is 30.7. The van der Waals surface area contributed by atoms with Gasteiger partial charge in [0, 0.05) is 29.2 Å². The van der Waals surface area contributed by atoms with E-state index in [-0.39, 0.29) is 0 Å². The first kappa shape index (κ1) is 32.2. The third-order valence-electron chi connectivity index (χ3n) is 11.5. The Bertz CT molecular complexity index is 3030. The molecule has 0 aliphatic heterocycles. The summed E-state index contributed by atoms with van der Waals surface area (Å²) in [5.41, 5.74) is 18.7. The maximum Gasteiger partial charge on any atom is 0.0555 e. The normalized spacial score (nSPS) is 12.8. The number of allylic oxidation sites excluding steroid dienone is 2. The molecule has 9 aromatic rings. The van der Waals surface area contributed by atoms with Crippen LogP contribution in [0.1, 0.15) is 28.7 Å². The predicted molar refractivity (Wildman–Crippen MR) is 235 cm³/mol. The highest BCUT2D eigenvalue weighted by Gasteiger charge is 2.34. The van der Waals surface area contributed by atoms with Gasteiger partial charge in [0.2, 0.25) is 0 Å². The van der Waals surface area contributed by atoms with Crippen LogP contribution in [0.2, 0.25) is 0 Å². The summed E-state index contributed by atoms with van der Waals surface area (Å²) in [4.78, 5) is 6.90. The molecule has 11 rings (SSSR count). The van der Waals surface area contributed by atoms with Crippen molar-refractivity contribution in [3.8, 4) is 33.4 Å². The largest absolute Gasteiger partial charge is 0.310 e. The quantitative estimate of drug-likeness (QED) is 0.171. The maximum atomic E-state index is 4.54. The Hall–Kier alpha value is -7.29. The minimum absolute atomic E-state index is 0.821. The fourth-order valence-corrected chi connectivity index (χ4v) is 9.18. The summed E-state index contributed by atoms with van der Waals surface area (Å²) in [6.45, 7) is 0. The van der Waals surface area contributed by atoms with Crippen molar-refractivity contribution in [2.45, 2.75) is 6.42 Å². The number of para-hydroxylation sites is 1. The lowest BCUT2D eigenvalue weighted by Crippen LogP contribution is -2.10. The Morgan fingerprint density at radius 2 is 0.982 bits per heavy atom. The van der Waals surface area contributed by atoms with Gasteiger partial charge in [-0.15, -0.1) is 0 Å². The highest BCUT2D eigenvalue weighted by Crippen LogP contribution is 2.58. The molecule has 0 atom stereocenters. The molecule has 1 aromatic heterocycles. The van der Waals surface area contributed by atoms with E-state index in [1.807, 2.05) is 12.4 Å². The Morgan fingerprint density at radius 1 is 0.393 bits per heavy atom. The van der Waals surface area contributed by atoms with E-state index in [1.54, 1.807) is 0 Å². The fourth-order valence-electron chi connectivity index (χ4n) is 9.18. The first-order chi connectivity index (χ1) is 27.8. The number of hydrogen-bond donors (Lipinski definition) is 0. The first-order valence-electron chi connectivity index (χ1n) is 19.4. The van der Waals surface area contributed by atoms with E-state index in [4.69, 9.17) is 0 Å². The van der Waals surface area contributed by atoms with Crippen molar-refractivity contribution in [3.05, 3.63) is 229 Å². The molecule has 0 saturated heterocycles. The number of rotatable bonds is 6. The van der Waals surface area contributed by atoms with Crippen LogP contribution in [0.4, 0.5) is 17.1 Å². The highest BCUT2D eigenvalue weighted by atomic mass is 15.1. The van der Waals surface area contributed by atoms with Crippen LogP contribution < -0.4 is 4.90 Å². The van der Waals surface area contributed by atoms with E-state index >= 15 is 0 Å². The van der Waals surface area contributed by atoms with E-state index in [9.17, 15) is 0 Å². The van der Waals surface area contributed by atoms with Gasteiger partial charge in [-0.3, -0.25) is 4.98 Å². The molecular weight excluding hydrogens is 677 g/mol. The summed E-state index contributed by atoms with van der Waals surface area (Å²) in [7, 11) is 0. The van der Waals surface area contributed by atoms with Crippen LogP contribution in [0.5, 0.6) is 0 Å². The third-order valence-corrected chi connectivity index (χ3v) is 11.5. The number of pyridine rings is 1. The zero-order valence-electron chi connectivity index (χ0n) is 30.7. The number of benzene rings is 8. The molecule has 262 valence electrons. The van der Waals surface area contributed by atoms with Gasteiger partial charge in [0.25, 0.3) is 0 Å². The van der Waals surface area contributed by atoms with Gasteiger partial charge in [0.1, 0.15) is 0 Å². The lowest BCUT2D eigenvalue weighted by molar-refractivity contribution is 1.28. The van der Waals surface area contributed by atoms with E-state index in [1.165, 1.54) is 77.6 Å². The van der Waals surface area contributed by atoms with Crippen molar-refractivity contribution in [3.63, 3.8) is 0 Å². The van der Waals surface area contributed by atoms with E-state index in [0.29, 0.717) is 0 Å². The fraction of sp³-hybridized carbons (Fsp3) is 0.0185. The second kappa shape index (κ2) is 13.2. The minimum Gasteiger partial charge on any atom is -0.310 e. The zero-order chi connectivity index (χ0) is 37.0. The van der Waals surface area contributed by atoms with Gasteiger partial charge in [0.15, 0.2) is 0 Å². The second-order valence-electron chi connectivity index (χ2n) is 14.6. The Balaban J connectivity index is 1.13. The van der Waals surface area contributed by atoms with Crippen LogP contribution in [0.15, 0.2) is 207 Å². The number of anilines is 3. The van der Waals surface area contributed by atoms with Crippen molar-refractivity contribution in [1.82, 2.24) is 4.98 Å². The molecule has 0 spiro atoms. The van der Waals surface area contributed by atoms with Crippen molar-refractivity contribution in [1.29, 1.82) is 0 Å². The van der Waals surface area contributed by atoms with Crippen molar-refractivity contribution >= 4 is 49.8 Å². The molecule has 0 unspecified atom stereocenters. The number of hydrogen-bond acceptors (Lipinski definition) is 2. The number of aromatic nitrogens is 1. The van der Waals surface area contributed by atoms with Crippen LogP contribution >= 0.6 is 0 Å². The van der Waals surface area contributed by atoms with Gasteiger partial charge in [0.05, 0.1) is 5.69 Å². The average molecular weight is 713 g/mol. The van der Waals surface area contributed by atoms with Crippen LogP contribution in [0, 0.1) is 0 Å². The molecule has 2 heteroatoms. The number of nitrogens with zero attached hydrogens (tertiary/aromatic N) is 2. The average Bonchev–Trinajstić information content (AvgIpc) is 3.45. The molecule has 56 heavy (non-hydrogen) atoms. The predicted octanol–water partition coefficient (Wildman–Crippen LogP) is 14.4. The molecule has 2 aliphatic carbocycles. The molecule has 0 radical (unpaired) electrons. The van der Waals surface area contributed by atoms with Gasteiger partial charge < -0.3 is 4.90 Å². The Morgan fingerprint density at radius 3 is 1.73 bits per heavy atom. The summed E-state index contributed by atoms with van der Waals surface area (Å²) in [5.74, 6) is 0. The standard InChI is InChI=1S/C54H36N2/c1-4-16-37(17-5-1)50-44-25-10-11-26-45(44)51(38-18-6-2-7-19-38)54-47-30-15-28-43-42(27-14-29-46(52(43)47)53(50)54)39-21-12-24-41(34-39)56(40-22-8-3-9-23-40)49-31-13-20-36-32-33-55-35-48(36)49/h1-13,15-35H,14H2. The number of fused-ring (bicyclic) bond motifs is 5. The summed E-state index contributed by atoms with van der Waals surface area (Å²) >= 11 is 0. The maximum absolute atomic E-state index is 4.54. The van der Waals surface area contributed by atoms with Crippen LogP contribution in [0.25, 0.3) is 66.1 Å². The molecule has 2 nitrogen and oxygen atoms in total. The van der Waals surface area contributed by atoms with Crippen molar-refractivity contribution in [2.75, 3.05) is 4.90 Å². The second-order valence-corrected chi connectivity index (χ2v) is 14.6. The van der Waals surface area contributed by atoms with Gasteiger partial charge in [-0.2, -0.15) is 0 Å². The lowest BCUT2D eigenvalue weighted by atomic mass is 9.83.